The fourth-order valence-electron chi connectivity index (χ4n) is 3.89. The summed E-state index contributed by atoms with van der Waals surface area (Å²) in [5.74, 6) is -1.78. The summed E-state index contributed by atoms with van der Waals surface area (Å²) in [5, 5.41) is 10.3. The lowest BCUT2D eigenvalue weighted by molar-refractivity contribution is -0.0566. The molecule has 0 radical (unpaired) electrons. The van der Waals surface area contributed by atoms with Gasteiger partial charge in [-0.05, 0) is 43.6 Å². The van der Waals surface area contributed by atoms with Crippen LogP contribution in [0, 0.1) is 0 Å². The molecule has 1 N–H and O–H groups in total. The van der Waals surface area contributed by atoms with Gasteiger partial charge in [-0.25, -0.2) is 8.78 Å². The van der Waals surface area contributed by atoms with Gasteiger partial charge >= 0.3 is 0 Å². The fourth-order valence-corrected chi connectivity index (χ4v) is 3.89. The molecule has 0 aliphatic carbocycles. The van der Waals surface area contributed by atoms with Crippen LogP contribution < -0.4 is 4.74 Å². The quantitative estimate of drug-likeness (QED) is 0.783. The van der Waals surface area contributed by atoms with Gasteiger partial charge in [0.1, 0.15) is 18.5 Å². The minimum absolute atomic E-state index is 0.0636. The molecule has 1 aromatic rings. The fraction of sp³-hybridized carbons (Fsp3) is 0.714. The second kappa shape index (κ2) is 9.80. The smallest absolute Gasteiger partial charge is 0.250 e. The van der Waals surface area contributed by atoms with Crippen molar-refractivity contribution in [1.29, 1.82) is 0 Å². The van der Waals surface area contributed by atoms with E-state index in [-0.39, 0.29) is 19.4 Å². The van der Waals surface area contributed by atoms with Crippen LogP contribution in [0.3, 0.4) is 0 Å². The van der Waals surface area contributed by atoms with Gasteiger partial charge in [-0.15, -0.1) is 0 Å². The van der Waals surface area contributed by atoms with Gasteiger partial charge in [0.15, 0.2) is 0 Å². The Morgan fingerprint density at radius 2 is 1.70 bits per heavy atom. The summed E-state index contributed by atoms with van der Waals surface area (Å²) in [6, 6.07) is 7.75. The first-order valence-corrected chi connectivity index (χ1v) is 10.2. The zero-order chi connectivity index (χ0) is 19.1. The van der Waals surface area contributed by atoms with E-state index in [4.69, 9.17) is 4.74 Å². The van der Waals surface area contributed by atoms with E-state index in [1.54, 1.807) is 0 Å². The maximum atomic E-state index is 13.3. The van der Waals surface area contributed by atoms with Crippen molar-refractivity contribution in [2.24, 2.45) is 0 Å². The van der Waals surface area contributed by atoms with Crippen LogP contribution in [-0.4, -0.2) is 66.3 Å². The van der Waals surface area contributed by atoms with Gasteiger partial charge in [0.05, 0.1) is 0 Å². The maximum absolute atomic E-state index is 13.3. The first-order valence-electron chi connectivity index (χ1n) is 10.2. The Kier molecular flexibility index (Phi) is 7.44. The van der Waals surface area contributed by atoms with Crippen LogP contribution in [0.4, 0.5) is 8.78 Å². The molecule has 0 amide bonds. The Hall–Kier alpha value is -1.24. The Morgan fingerprint density at radius 1 is 1.00 bits per heavy atom. The Labute approximate surface area is 161 Å². The molecule has 2 aliphatic heterocycles. The minimum atomic E-state index is -2.51. The van der Waals surface area contributed by atoms with E-state index in [1.807, 2.05) is 24.3 Å². The van der Waals surface area contributed by atoms with Crippen molar-refractivity contribution in [2.45, 2.75) is 57.1 Å². The minimum Gasteiger partial charge on any atom is -0.491 e. The lowest BCUT2D eigenvalue weighted by Gasteiger charge is -2.31. The van der Waals surface area contributed by atoms with Crippen LogP contribution in [0.1, 0.15) is 44.1 Å². The normalized spacial score (nSPS) is 22.9. The SMILES string of the molecule is O[C@H](COc1cccc(CN2CCC(F)(F)CC2)c1)CN1CCCCCC1. The number of nitrogens with zero attached hydrogens (tertiary/aromatic N) is 2. The van der Waals surface area contributed by atoms with Crippen molar-refractivity contribution >= 4 is 0 Å². The summed E-state index contributed by atoms with van der Waals surface area (Å²) < 4.78 is 32.3. The van der Waals surface area contributed by atoms with E-state index in [9.17, 15) is 13.9 Å². The third kappa shape index (κ3) is 7.01. The molecule has 6 heteroatoms. The van der Waals surface area contributed by atoms with E-state index in [2.05, 4.69) is 9.80 Å². The van der Waals surface area contributed by atoms with Gasteiger partial charge in [-0.1, -0.05) is 25.0 Å². The van der Waals surface area contributed by atoms with Crippen molar-refractivity contribution in [3.63, 3.8) is 0 Å². The third-order valence-corrected chi connectivity index (χ3v) is 5.50. The van der Waals surface area contributed by atoms with Crippen molar-refractivity contribution in [3.8, 4) is 5.75 Å². The monoisotopic (exact) mass is 382 g/mol. The van der Waals surface area contributed by atoms with E-state index in [0.29, 0.717) is 26.2 Å². The summed E-state index contributed by atoms with van der Waals surface area (Å²) >= 11 is 0. The number of halogens is 2. The van der Waals surface area contributed by atoms with Gasteiger partial charge < -0.3 is 14.7 Å². The van der Waals surface area contributed by atoms with E-state index in [0.717, 1.165) is 24.4 Å². The first kappa shape index (κ1) is 20.5. The lowest BCUT2D eigenvalue weighted by atomic mass is 10.1. The zero-order valence-corrected chi connectivity index (χ0v) is 16.1. The Balaban J connectivity index is 1.43. The summed E-state index contributed by atoms with van der Waals surface area (Å²) in [7, 11) is 0. The average molecular weight is 382 g/mol. The number of hydrogen-bond acceptors (Lipinski definition) is 4. The molecule has 4 nitrogen and oxygen atoms in total. The van der Waals surface area contributed by atoms with Crippen LogP contribution in [0.15, 0.2) is 24.3 Å². The van der Waals surface area contributed by atoms with Crippen LogP contribution in [0.25, 0.3) is 0 Å². The van der Waals surface area contributed by atoms with E-state index >= 15 is 0 Å². The molecule has 1 aromatic carbocycles. The lowest BCUT2D eigenvalue weighted by Crippen LogP contribution is -2.38. The van der Waals surface area contributed by atoms with E-state index in [1.165, 1.54) is 25.7 Å². The van der Waals surface area contributed by atoms with Gasteiger partial charge in [0, 0.05) is 39.0 Å². The maximum Gasteiger partial charge on any atom is 0.250 e. The van der Waals surface area contributed by atoms with Crippen LogP contribution in [-0.2, 0) is 6.54 Å². The second-order valence-corrected chi connectivity index (χ2v) is 7.96. The molecule has 0 saturated carbocycles. The molecule has 2 heterocycles. The highest BCUT2D eigenvalue weighted by molar-refractivity contribution is 5.28. The third-order valence-electron chi connectivity index (χ3n) is 5.50. The van der Waals surface area contributed by atoms with Crippen LogP contribution in [0.5, 0.6) is 5.75 Å². The molecular formula is C21H32F2N2O2. The number of rotatable bonds is 7. The molecule has 0 aromatic heterocycles. The molecule has 0 spiro atoms. The molecule has 2 aliphatic rings. The molecule has 27 heavy (non-hydrogen) atoms. The molecule has 1 atom stereocenters. The highest BCUT2D eigenvalue weighted by Gasteiger charge is 2.33. The largest absolute Gasteiger partial charge is 0.491 e. The van der Waals surface area contributed by atoms with Crippen molar-refractivity contribution in [2.75, 3.05) is 39.3 Å². The predicted octanol–water partition coefficient (Wildman–Crippen LogP) is 3.53. The number of β-amino-alcohol motifs (C(OH)–C–C–N with tert-alkyl or cyclic N) is 1. The summed E-state index contributed by atoms with van der Waals surface area (Å²) in [6.07, 6.45) is 4.35. The highest BCUT2D eigenvalue weighted by Crippen LogP contribution is 2.28. The van der Waals surface area contributed by atoms with Crippen LogP contribution in [0.2, 0.25) is 0 Å². The number of hydrogen-bond donors (Lipinski definition) is 1. The Bertz CT molecular complexity index is 567. The molecule has 152 valence electrons. The van der Waals surface area contributed by atoms with Gasteiger partial charge in [0.25, 0.3) is 5.92 Å². The van der Waals surface area contributed by atoms with Crippen molar-refractivity contribution < 1.29 is 18.6 Å². The number of piperidine rings is 1. The topological polar surface area (TPSA) is 35.9 Å². The predicted molar refractivity (Wildman–Crippen MR) is 102 cm³/mol. The molecule has 2 fully saturated rings. The molecule has 0 unspecified atom stereocenters. The van der Waals surface area contributed by atoms with Crippen molar-refractivity contribution in [1.82, 2.24) is 9.80 Å². The van der Waals surface area contributed by atoms with Crippen LogP contribution >= 0.6 is 0 Å². The first-order chi connectivity index (χ1) is 13.0. The number of aliphatic hydroxyl groups is 1. The number of likely N-dealkylation sites (tertiary alicyclic amines) is 2. The van der Waals surface area contributed by atoms with Gasteiger partial charge in [-0.2, -0.15) is 0 Å². The van der Waals surface area contributed by atoms with E-state index < -0.39 is 12.0 Å². The van der Waals surface area contributed by atoms with Crippen molar-refractivity contribution in [3.05, 3.63) is 29.8 Å². The standard InChI is InChI=1S/C21H32F2N2O2/c22-21(23)8-12-25(13-9-21)15-18-6-5-7-20(14-18)27-17-19(26)16-24-10-3-1-2-4-11-24/h5-7,14,19,26H,1-4,8-13,15-17H2/t19-/m0/s1. The second-order valence-electron chi connectivity index (χ2n) is 7.96. The molecule has 2 saturated heterocycles. The highest BCUT2D eigenvalue weighted by atomic mass is 19.3. The molecule has 0 bridgehead atoms. The van der Waals surface area contributed by atoms with Gasteiger partial charge in [0.2, 0.25) is 0 Å². The molecule has 3 rings (SSSR count). The zero-order valence-electron chi connectivity index (χ0n) is 16.1. The number of ether oxygens (including phenoxy) is 1. The Morgan fingerprint density at radius 3 is 2.41 bits per heavy atom. The number of benzene rings is 1. The molecular weight excluding hydrogens is 350 g/mol. The summed E-state index contributed by atoms with van der Waals surface area (Å²) in [6.45, 7) is 4.54. The average Bonchev–Trinajstić information content (AvgIpc) is 2.91. The summed E-state index contributed by atoms with van der Waals surface area (Å²) in [4.78, 5) is 4.38. The number of aliphatic hydroxyl groups excluding tert-OH is 1. The van der Waals surface area contributed by atoms with Gasteiger partial charge in [-0.3, -0.25) is 4.90 Å². The summed E-state index contributed by atoms with van der Waals surface area (Å²) in [5.41, 5.74) is 1.06. The number of alkyl halides is 2.